The van der Waals surface area contributed by atoms with Gasteiger partial charge in [-0.05, 0) is 22.0 Å². The van der Waals surface area contributed by atoms with Crippen molar-refractivity contribution in [1.82, 2.24) is 4.98 Å². The Bertz CT molecular complexity index is 312. The van der Waals surface area contributed by atoms with Gasteiger partial charge in [-0.1, -0.05) is 6.92 Å². The summed E-state index contributed by atoms with van der Waals surface area (Å²) in [5.74, 6) is 0.478. The SMILES string of the molecule is CCC(=O)c1cnc(N)c(Br)c1. The maximum atomic E-state index is 11.2. The van der Waals surface area contributed by atoms with Crippen LogP contribution in [0.15, 0.2) is 16.7 Å². The molecule has 0 saturated heterocycles. The van der Waals surface area contributed by atoms with Gasteiger partial charge >= 0.3 is 0 Å². The van der Waals surface area contributed by atoms with E-state index < -0.39 is 0 Å². The summed E-state index contributed by atoms with van der Waals surface area (Å²) in [5, 5.41) is 0. The van der Waals surface area contributed by atoms with Crippen LogP contribution in [0.1, 0.15) is 23.7 Å². The number of halogens is 1. The molecule has 0 radical (unpaired) electrons. The zero-order valence-corrected chi connectivity index (χ0v) is 8.26. The van der Waals surface area contributed by atoms with Crippen LogP contribution in [0.3, 0.4) is 0 Å². The third-order valence-electron chi connectivity index (χ3n) is 1.51. The van der Waals surface area contributed by atoms with Crippen molar-refractivity contribution in [2.75, 3.05) is 5.73 Å². The van der Waals surface area contributed by atoms with Crippen LogP contribution in [-0.2, 0) is 0 Å². The first kappa shape index (κ1) is 9.19. The average molecular weight is 229 g/mol. The van der Waals surface area contributed by atoms with Crippen LogP contribution in [0.5, 0.6) is 0 Å². The number of rotatable bonds is 2. The first-order chi connectivity index (χ1) is 5.65. The number of hydrogen-bond donors (Lipinski definition) is 1. The highest BCUT2D eigenvalue weighted by Crippen LogP contribution is 2.18. The van der Waals surface area contributed by atoms with Crippen molar-refractivity contribution >= 4 is 27.5 Å². The molecule has 4 heteroatoms. The highest BCUT2D eigenvalue weighted by atomic mass is 79.9. The molecule has 0 aliphatic rings. The number of carbonyl (C=O) groups is 1. The minimum atomic E-state index is 0.0724. The van der Waals surface area contributed by atoms with Gasteiger partial charge < -0.3 is 5.73 Å². The highest BCUT2D eigenvalue weighted by molar-refractivity contribution is 9.10. The molecule has 0 aromatic carbocycles. The van der Waals surface area contributed by atoms with Gasteiger partial charge in [-0.25, -0.2) is 4.98 Å². The van der Waals surface area contributed by atoms with Crippen LogP contribution in [0.4, 0.5) is 5.82 Å². The van der Waals surface area contributed by atoms with Crippen LogP contribution in [0.25, 0.3) is 0 Å². The van der Waals surface area contributed by atoms with Crippen LogP contribution in [0, 0.1) is 0 Å². The number of ketones is 1. The van der Waals surface area contributed by atoms with Gasteiger partial charge in [0.2, 0.25) is 0 Å². The van der Waals surface area contributed by atoms with Crippen molar-refractivity contribution in [1.29, 1.82) is 0 Å². The zero-order valence-electron chi connectivity index (χ0n) is 6.67. The second-order valence-corrected chi connectivity index (χ2v) is 3.22. The van der Waals surface area contributed by atoms with E-state index in [9.17, 15) is 4.79 Å². The van der Waals surface area contributed by atoms with E-state index in [1.165, 1.54) is 6.20 Å². The number of nitrogen functional groups attached to an aromatic ring is 1. The number of hydrogen-bond acceptors (Lipinski definition) is 3. The lowest BCUT2D eigenvalue weighted by atomic mass is 10.1. The number of anilines is 1. The van der Waals surface area contributed by atoms with Gasteiger partial charge in [0.1, 0.15) is 5.82 Å². The van der Waals surface area contributed by atoms with Gasteiger partial charge in [0.05, 0.1) is 4.47 Å². The van der Waals surface area contributed by atoms with Gasteiger partial charge in [0.25, 0.3) is 0 Å². The van der Waals surface area contributed by atoms with Gasteiger partial charge in [-0.2, -0.15) is 0 Å². The fourth-order valence-corrected chi connectivity index (χ4v) is 1.15. The predicted molar refractivity (Wildman–Crippen MR) is 51.0 cm³/mol. The lowest BCUT2D eigenvalue weighted by Crippen LogP contribution is -1.99. The monoisotopic (exact) mass is 228 g/mol. The first-order valence-electron chi connectivity index (χ1n) is 3.59. The highest BCUT2D eigenvalue weighted by Gasteiger charge is 2.05. The largest absolute Gasteiger partial charge is 0.383 e. The summed E-state index contributed by atoms with van der Waals surface area (Å²) in [7, 11) is 0. The van der Waals surface area contributed by atoms with Crippen molar-refractivity contribution < 1.29 is 4.79 Å². The van der Waals surface area contributed by atoms with Crippen molar-refractivity contribution in [3.63, 3.8) is 0 Å². The molecule has 0 spiro atoms. The molecule has 1 rings (SSSR count). The van der Waals surface area contributed by atoms with Crippen molar-refractivity contribution in [3.8, 4) is 0 Å². The molecular weight excluding hydrogens is 220 g/mol. The summed E-state index contributed by atoms with van der Waals surface area (Å²) < 4.78 is 0.668. The summed E-state index contributed by atoms with van der Waals surface area (Å²) in [5.41, 5.74) is 6.06. The molecule has 2 N–H and O–H groups in total. The summed E-state index contributed by atoms with van der Waals surface area (Å²) in [6.07, 6.45) is 1.98. The third-order valence-corrected chi connectivity index (χ3v) is 2.15. The molecule has 3 nitrogen and oxygen atoms in total. The minimum absolute atomic E-state index is 0.0724. The third kappa shape index (κ3) is 1.82. The molecule has 0 saturated carbocycles. The van der Waals surface area contributed by atoms with E-state index in [1.54, 1.807) is 6.07 Å². The summed E-state index contributed by atoms with van der Waals surface area (Å²) >= 11 is 3.20. The normalized spacial score (nSPS) is 9.83. The smallest absolute Gasteiger partial charge is 0.164 e. The number of aromatic nitrogens is 1. The Morgan fingerprint density at radius 3 is 2.92 bits per heavy atom. The second kappa shape index (κ2) is 3.67. The topological polar surface area (TPSA) is 56.0 Å². The Kier molecular flexibility index (Phi) is 2.81. The van der Waals surface area contributed by atoms with Crippen LogP contribution in [-0.4, -0.2) is 10.8 Å². The molecule has 1 aromatic heterocycles. The summed E-state index contributed by atoms with van der Waals surface area (Å²) in [6, 6.07) is 1.69. The Labute approximate surface area is 79.1 Å². The maximum absolute atomic E-state index is 11.2. The van der Waals surface area contributed by atoms with Crippen LogP contribution < -0.4 is 5.73 Å². The summed E-state index contributed by atoms with van der Waals surface area (Å²) in [6.45, 7) is 1.81. The Morgan fingerprint density at radius 2 is 2.42 bits per heavy atom. The number of carbonyl (C=O) groups excluding carboxylic acids is 1. The van der Waals surface area contributed by atoms with E-state index in [4.69, 9.17) is 5.73 Å². The van der Waals surface area contributed by atoms with E-state index in [0.29, 0.717) is 22.3 Å². The molecule has 0 bridgehead atoms. The van der Waals surface area contributed by atoms with Crippen molar-refractivity contribution in [2.24, 2.45) is 0 Å². The fourth-order valence-electron chi connectivity index (χ4n) is 0.805. The standard InChI is InChI=1S/C8H9BrN2O/c1-2-7(12)5-3-6(9)8(10)11-4-5/h3-4H,2H2,1H3,(H2,10,11). The Morgan fingerprint density at radius 1 is 1.75 bits per heavy atom. The number of nitrogens with zero attached hydrogens (tertiary/aromatic N) is 1. The second-order valence-electron chi connectivity index (χ2n) is 2.37. The number of pyridine rings is 1. The average Bonchev–Trinajstić information content (AvgIpc) is 2.08. The van der Waals surface area contributed by atoms with Gasteiger partial charge in [-0.3, -0.25) is 4.79 Å². The lowest BCUT2D eigenvalue weighted by molar-refractivity contribution is 0.0988. The Balaban J connectivity index is 3.05. The molecule has 0 aliphatic carbocycles. The molecular formula is C8H9BrN2O. The van der Waals surface area contributed by atoms with E-state index in [1.807, 2.05) is 6.92 Å². The van der Waals surface area contributed by atoms with E-state index in [-0.39, 0.29) is 5.78 Å². The molecule has 1 heterocycles. The van der Waals surface area contributed by atoms with Gasteiger partial charge in [0.15, 0.2) is 5.78 Å². The molecule has 0 atom stereocenters. The molecule has 12 heavy (non-hydrogen) atoms. The van der Waals surface area contributed by atoms with E-state index in [0.717, 1.165) is 0 Å². The molecule has 0 amide bonds. The van der Waals surface area contributed by atoms with E-state index >= 15 is 0 Å². The lowest BCUT2D eigenvalue weighted by Gasteiger charge is -1.99. The molecule has 0 unspecified atom stereocenters. The summed E-state index contributed by atoms with van der Waals surface area (Å²) in [4.78, 5) is 15.0. The van der Waals surface area contributed by atoms with Gasteiger partial charge in [0, 0.05) is 18.2 Å². The maximum Gasteiger partial charge on any atom is 0.164 e. The number of nitrogens with two attached hydrogens (primary N) is 1. The van der Waals surface area contributed by atoms with Crippen LogP contribution >= 0.6 is 15.9 Å². The Hall–Kier alpha value is -0.900. The molecule has 0 fully saturated rings. The van der Waals surface area contributed by atoms with Gasteiger partial charge in [-0.15, -0.1) is 0 Å². The number of Topliss-reactive ketones (excluding diaryl/α,β-unsaturated/α-hetero) is 1. The van der Waals surface area contributed by atoms with Crippen molar-refractivity contribution in [3.05, 3.63) is 22.3 Å². The molecule has 64 valence electrons. The fraction of sp³-hybridized carbons (Fsp3) is 0.250. The van der Waals surface area contributed by atoms with Crippen molar-refractivity contribution in [2.45, 2.75) is 13.3 Å². The zero-order chi connectivity index (χ0) is 9.14. The quantitative estimate of drug-likeness (QED) is 0.789. The minimum Gasteiger partial charge on any atom is -0.383 e. The molecule has 1 aromatic rings. The van der Waals surface area contributed by atoms with E-state index in [2.05, 4.69) is 20.9 Å². The predicted octanol–water partition coefficient (Wildman–Crippen LogP) is 2.02. The first-order valence-corrected chi connectivity index (χ1v) is 4.38. The van der Waals surface area contributed by atoms with Crippen LogP contribution in [0.2, 0.25) is 0 Å². The molecule has 0 aliphatic heterocycles.